The Kier molecular flexibility index (Phi) is 8.25. The number of rotatable bonds is 8. The van der Waals surface area contributed by atoms with Gasteiger partial charge in [0.1, 0.15) is 6.04 Å². The molecule has 0 aliphatic heterocycles. The van der Waals surface area contributed by atoms with E-state index in [1.807, 2.05) is 66.7 Å². The van der Waals surface area contributed by atoms with Gasteiger partial charge in [0.05, 0.1) is 11.3 Å². The maximum Gasteiger partial charge on any atom is 0.326 e. The molecule has 2 amide bonds. The summed E-state index contributed by atoms with van der Waals surface area (Å²) in [6, 6.07) is 30.2. The fraction of sp³-hybridized carbons (Fsp3) is 0.182. The number of carbonyl (C=O) groups excluding carboxylic acids is 2. The third-order valence-electron chi connectivity index (χ3n) is 6.54. The summed E-state index contributed by atoms with van der Waals surface area (Å²) in [5.74, 6) is -2.08. The van der Waals surface area contributed by atoms with E-state index in [4.69, 9.17) is 0 Å². The van der Waals surface area contributed by atoms with Crippen LogP contribution >= 0.6 is 0 Å². The topological polar surface area (TPSA) is 95.5 Å². The highest BCUT2D eigenvalue weighted by molar-refractivity contribution is 6.09. The maximum absolute atomic E-state index is 13.2. The summed E-state index contributed by atoms with van der Waals surface area (Å²) in [5, 5.41) is 15.2. The number of carboxylic acids is 1. The van der Waals surface area contributed by atoms with E-state index in [2.05, 4.69) is 31.4 Å². The average Bonchev–Trinajstić information content (AvgIpc) is 2.93. The number of carbonyl (C=O) groups is 3. The molecule has 0 aliphatic rings. The second-order valence-corrected chi connectivity index (χ2v) is 10.5. The number of aliphatic carboxylic acids is 1. The first kappa shape index (κ1) is 27.3. The Hall–Kier alpha value is -4.71. The molecule has 0 radical (unpaired) electrons. The molecule has 6 heteroatoms. The van der Waals surface area contributed by atoms with E-state index in [1.54, 1.807) is 36.4 Å². The number of hydrogen-bond donors (Lipinski definition) is 3. The molecule has 6 nitrogen and oxygen atoms in total. The molecule has 0 saturated carbocycles. The first-order chi connectivity index (χ1) is 18.6. The lowest BCUT2D eigenvalue weighted by Gasteiger charge is -2.19. The molecule has 0 aromatic heterocycles. The Morgan fingerprint density at radius 3 is 1.92 bits per heavy atom. The molecule has 0 saturated heterocycles. The van der Waals surface area contributed by atoms with Crippen LogP contribution in [0.5, 0.6) is 0 Å². The Morgan fingerprint density at radius 1 is 0.718 bits per heavy atom. The highest BCUT2D eigenvalue weighted by Gasteiger charge is 2.23. The predicted octanol–water partition coefficient (Wildman–Crippen LogP) is 6.33. The fourth-order valence-corrected chi connectivity index (χ4v) is 4.24. The summed E-state index contributed by atoms with van der Waals surface area (Å²) in [7, 11) is 0. The van der Waals surface area contributed by atoms with Crippen molar-refractivity contribution in [1.82, 2.24) is 5.32 Å². The quantitative estimate of drug-likeness (QED) is 0.253. The number of nitrogens with one attached hydrogen (secondary N) is 2. The molecule has 39 heavy (non-hydrogen) atoms. The van der Waals surface area contributed by atoms with Gasteiger partial charge in [0.15, 0.2) is 0 Å². The molecule has 3 N–H and O–H groups in total. The largest absolute Gasteiger partial charge is 0.480 e. The summed E-state index contributed by atoms with van der Waals surface area (Å²) < 4.78 is 0. The molecule has 198 valence electrons. The molecule has 0 spiro atoms. The lowest BCUT2D eigenvalue weighted by Crippen LogP contribution is -2.42. The molecular formula is C33H32N2O4. The van der Waals surface area contributed by atoms with Crippen molar-refractivity contribution in [3.05, 3.63) is 125 Å². The van der Waals surface area contributed by atoms with E-state index < -0.39 is 17.9 Å². The van der Waals surface area contributed by atoms with Gasteiger partial charge in [-0.25, -0.2) is 4.79 Å². The summed E-state index contributed by atoms with van der Waals surface area (Å²) in [4.78, 5) is 38.1. The molecule has 4 aromatic rings. The van der Waals surface area contributed by atoms with Gasteiger partial charge in [-0.15, -0.1) is 0 Å². The van der Waals surface area contributed by atoms with Gasteiger partial charge < -0.3 is 15.7 Å². The van der Waals surface area contributed by atoms with E-state index in [0.29, 0.717) is 11.3 Å². The van der Waals surface area contributed by atoms with E-state index in [0.717, 1.165) is 22.3 Å². The number of para-hydroxylation sites is 1. The van der Waals surface area contributed by atoms with Gasteiger partial charge in [-0.3, -0.25) is 9.59 Å². The van der Waals surface area contributed by atoms with Crippen molar-refractivity contribution in [1.29, 1.82) is 0 Å². The predicted molar refractivity (Wildman–Crippen MR) is 154 cm³/mol. The Morgan fingerprint density at radius 2 is 1.31 bits per heavy atom. The molecular weight excluding hydrogens is 488 g/mol. The van der Waals surface area contributed by atoms with Gasteiger partial charge >= 0.3 is 5.97 Å². The van der Waals surface area contributed by atoms with Crippen LogP contribution in [-0.2, 0) is 16.6 Å². The maximum atomic E-state index is 13.2. The SMILES string of the molecule is CC(C)(C)c1ccc(C(=O)Nc2ccccc2C(=O)NC(Cc2ccc(-c3ccccc3)cc2)C(=O)O)cc1. The zero-order valence-corrected chi connectivity index (χ0v) is 22.3. The van der Waals surface area contributed by atoms with Gasteiger partial charge in [0.25, 0.3) is 11.8 Å². The van der Waals surface area contributed by atoms with Crippen molar-refractivity contribution >= 4 is 23.5 Å². The fourth-order valence-electron chi connectivity index (χ4n) is 4.24. The number of amides is 2. The first-order valence-corrected chi connectivity index (χ1v) is 12.8. The lowest BCUT2D eigenvalue weighted by atomic mass is 9.86. The second kappa shape index (κ2) is 11.8. The van der Waals surface area contributed by atoms with Crippen LogP contribution in [0.4, 0.5) is 5.69 Å². The van der Waals surface area contributed by atoms with Crippen LogP contribution in [-0.4, -0.2) is 28.9 Å². The third kappa shape index (κ3) is 6.99. The standard InChI is InChI=1S/C33H32N2O4/c1-33(2,3)26-19-17-25(18-20-26)30(36)34-28-12-8-7-11-27(28)31(37)35-29(32(38)39)21-22-13-15-24(16-14-22)23-9-5-4-6-10-23/h4-20,29H,21H2,1-3H3,(H,34,36)(H,35,37)(H,38,39). The van der Waals surface area contributed by atoms with Crippen molar-refractivity contribution in [2.45, 2.75) is 38.6 Å². The number of hydrogen-bond acceptors (Lipinski definition) is 3. The molecule has 4 rings (SSSR count). The minimum absolute atomic E-state index is 0.0374. The number of anilines is 1. The molecule has 4 aromatic carbocycles. The van der Waals surface area contributed by atoms with Crippen LogP contribution in [0, 0.1) is 0 Å². The van der Waals surface area contributed by atoms with Gasteiger partial charge in [-0.1, -0.05) is 99.6 Å². The zero-order chi connectivity index (χ0) is 28.0. The van der Waals surface area contributed by atoms with Gasteiger partial charge in [-0.2, -0.15) is 0 Å². The zero-order valence-electron chi connectivity index (χ0n) is 22.3. The van der Waals surface area contributed by atoms with Crippen molar-refractivity contribution in [2.24, 2.45) is 0 Å². The van der Waals surface area contributed by atoms with E-state index in [-0.39, 0.29) is 23.3 Å². The molecule has 0 aliphatic carbocycles. The number of benzene rings is 4. The van der Waals surface area contributed by atoms with Gasteiger partial charge in [0.2, 0.25) is 0 Å². The summed E-state index contributed by atoms with van der Waals surface area (Å²) in [6.45, 7) is 6.29. The van der Waals surface area contributed by atoms with E-state index in [9.17, 15) is 19.5 Å². The first-order valence-electron chi connectivity index (χ1n) is 12.8. The average molecular weight is 521 g/mol. The van der Waals surface area contributed by atoms with Crippen LogP contribution < -0.4 is 10.6 Å². The molecule has 0 fully saturated rings. The van der Waals surface area contributed by atoms with Crippen molar-refractivity contribution < 1.29 is 19.5 Å². The molecule has 0 bridgehead atoms. The van der Waals surface area contributed by atoms with Crippen molar-refractivity contribution in [3.63, 3.8) is 0 Å². The third-order valence-corrected chi connectivity index (χ3v) is 6.54. The van der Waals surface area contributed by atoms with Crippen LogP contribution in [0.2, 0.25) is 0 Å². The van der Waals surface area contributed by atoms with E-state index in [1.165, 1.54) is 0 Å². The van der Waals surface area contributed by atoms with Crippen LogP contribution in [0.3, 0.4) is 0 Å². The van der Waals surface area contributed by atoms with Crippen LogP contribution in [0.15, 0.2) is 103 Å². The number of carboxylic acid groups (broad SMARTS) is 1. The van der Waals surface area contributed by atoms with Crippen LogP contribution in [0.25, 0.3) is 11.1 Å². The van der Waals surface area contributed by atoms with Crippen molar-refractivity contribution in [3.8, 4) is 11.1 Å². The normalized spacial score (nSPS) is 11.9. The summed E-state index contributed by atoms with van der Waals surface area (Å²) in [6.07, 6.45) is 0.116. The summed E-state index contributed by atoms with van der Waals surface area (Å²) in [5.41, 5.74) is 4.88. The minimum atomic E-state index is -1.14. The highest BCUT2D eigenvalue weighted by Crippen LogP contribution is 2.23. The smallest absolute Gasteiger partial charge is 0.326 e. The Balaban J connectivity index is 1.46. The molecule has 0 heterocycles. The monoisotopic (exact) mass is 520 g/mol. The van der Waals surface area contributed by atoms with Gasteiger partial charge in [-0.05, 0) is 51.9 Å². The van der Waals surface area contributed by atoms with E-state index >= 15 is 0 Å². The van der Waals surface area contributed by atoms with Crippen molar-refractivity contribution in [2.75, 3.05) is 5.32 Å². The minimum Gasteiger partial charge on any atom is -0.480 e. The Bertz CT molecular complexity index is 1450. The van der Waals surface area contributed by atoms with Crippen LogP contribution in [0.1, 0.15) is 52.6 Å². The molecule has 1 unspecified atom stereocenters. The Labute approximate surface area is 228 Å². The lowest BCUT2D eigenvalue weighted by molar-refractivity contribution is -0.139. The molecule has 1 atom stereocenters. The summed E-state index contributed by atoms with van der Waals surface area (Å²) >= 11 is 0. The second-order valence-electron chi connectivity index (χ2n) is 10.5. The highest BCUT2D eigenvalue weighted by atomic mass is 16.4. The van der Waals surface area contributed by atoms with Gasteiger partial charge in [0, 0.05) is 12.0 Å².